The third-order valence-corrected chi connectivity index (χ3v) is 4.88. The lowest BCUT2D eigenvalue weighted by Crippen LogP contribution is -2.32. The van der Waals surface area contributed by atoms with Crippen molar-refractivity contribution in [3.8, 4) is 0 Å². The lowest BCUT2D eigenvalue weighted by atomic mass is 10.1. The van der Waals surface area contributed by atoms with Crippen LogP contribution in [-0.4, -0.2) is 11.3 Å². The number of benzene rings is 2. The first-order chi connectivity index (χ1) is 10.1. The number of nitrogens with one attached hydrogen (secondary N) is 1. The van der Waals surface area contributed by atoms with E-state index in [2.05, 4.69) is 27.3 Å². The molecule has 4 heteroatoms. The fourth-order valence-electron chi connectivity index (χ4n) is 2.74. The van der Waals surface area contributed by atoms with Crippen LogP contribution < -0.4 is 5.32 Å². The van der Waals surface area contributed by atoms with Crippen molar-refractivity contribution in [2.75, 3.05) is 0 Å². The molecule has 0 spiro atoms. The number of amides is 1. The van der Waals surface area contributed by atoms with Crippen molar-refractivity contribution < 1.29 is 4.79 Å². The molecule has 0 radical (unpaired) electrons. The van der Waals surface area contributed by atoms with Crippen molar-refractivity contribution in [1.29, 1.82) is 0 Å². The second-order valence-corrected chi connectivity index (χ2v) is 6.77. The number of carbonyl (C=O) groups excluding carboxylic acids is 1. The van der Waals surface area contributed by atoms with Gasteiger partial charge in [0.1, 0.15) is 0 Å². The molecular weight excluding hydrogens is 350 g/mol. The van der Waals surface area contributed by atoms with Gasteiger partial charge in [-0.05, 0) is 58.1 Å². The average molecular weight is 365 g/mol. The Morgan fingerprint density at radius 1 is 1.29 bits per heavy atom. The van der Waals surface area contributed by atoms with Crippen LogP contribution in [0.3, 0.4) is 0 Å². The number of halogens is 2. The van der Waals surface area contributed by atoms with Gasteiger partial charge in [-0.1, -0.05) is 30.3 Å². The van der Waals surface area contributed by atoms with Crippen LogP contribution in [0.25, 0.3) is 0 Å². The summed E-state index contributed by atoms with van der Waals surface area (Å²) in [6.07, 6.45) is 0.789. The maximum absolute atomic E-state index is 12.5. The number of hydrogen-bond donors (Lipinski definition) is 1. The predicted molar refractivity (Wildman–Crippen MR) is 88.9 cm³/mol. The van der Waals surface area contributed by atoms with Gasteiger partial charge in [0.05, 0.1) is 17.0 Å². The first-order valence-corrected chi connectivity index (χ1v) is 8.08. The number of hydrogen-bond acceptors (Lipinski definition) is 1. The van der Waals surface area contributed by atoms with E-state index in [1.165, 1.54) is 5.56 Å². The lowest BCUT2D eigenvalue weighted by Gasteiger charge is -2.18. The molecule has 1 aliphatic rings. The van der Waals surface area contributed by atoms with Gasteiger partial charge in [-0.15, -0.1) is 11.6 Å². The van der Waals surface area contributed by atoms with Crippen LogP contribution in [0.1, 0.15) is 33.1 Å². The molecule has 0 aromatic heterocycles. The molecule has 2 unspecified atom stereocenters. The molecule has 1 aliphatic carbocycles. The van der Waals surface area contributed by atoms with E-state index in [1.54, 1.807) is 0 Å². The summed E-state index contributed by atoms with van der Waals surface area (Å²) in [7, 11) is 0. The van der Waals surface area contributed by atoms with Crippen molar-refractivity contribution in [1.82, 2.24) is 5.32 Å². The lowest BCUT2D eigenvalue weighted by molar-refractivity contribution is 0.0936. The molecule has 2 aromatic carbocycles. The summed E-state index contributed by atoms with van der Waals surface area (Å²) in [4.78, 5) is 12.5. The van der Waals surface area contributed by atoms with Crippen molar-refractivity contribution in [3.05, 3.63) is 69.2 Å². The van der Waals surface area contributed by atoms with E-state index in [0.29, 0.717) is 5.56 Å². The Hall–Kier alpha value is -1.32. The second kappa shape index (κ2) is 5.82. The van der Waals surface area contributed by atoms with Gasteiger partial charge in [0.15, 0.2) is 0 Å². The molecule has 2 aromatic rings. The van der Waals surface area contributed by atoms with E-state index in [-0.39, 0.29) is 17.3 Å². The number of fused-ring (bicyclic) bond motifs is 1. The van der Waals surface area contributed by atoms with Gasteiger partial charge in [-0.3, -0.25) is 4.79 Å². The molecule has 1 amide bonds. The highest BCUT2D eigenvalue weighted by Crippen LogP contribution is 2.35. The molecule has 0 aliphatic heterocycles. The molecule has 3 rings (SSSR count). The first kappa shape index (κ1) is 14.6. The highest BCUT2D eigenvalue weighted by atomic mass is 79.9. The monoisotopic (exact) mass is 363 g/mol. The summed E-state index contributed by atoms with van der Waals surface area (Å²) in [5.74, 6) is -0.103. The van der Waals surface area contributed by atoms with E-state index in [1.807, 2.05) is 43.3 Å². The van der Waals surface area contributed by atoms with E-state index in [9.17, 15) is 4.79 Å². The zero-order chi connectivity index (χ0) is 15.0. The highest BCUT2D eigenvalue weighted by molar-refractivity contribution is 9.10. The normalized spacial score (nSPS) is 20.1. The summed E-state index contributed by atoms with van der Waals surface area (Å²) in [5, 5.41) is 2.96. The smallest absolute Gasteiger partial charge is 0.252 e. The molecular formula is C17H15BrClNO. The Balaban J connectivity index is 1.85. The van der Waals surface area contributed by atoms with Gasteiger partial charge in [0.25, 0.3) is 5.91 Å². The predicted octanol–water partition coefficient (Wildman–Crippen LogP) is 4.39. The Morgan fingerprint density at radius 2 is 2.05 bits per heavy atom. The maximum Gasteiger partial charge on any atom is 0.252 e. The minimum Gasteiger partial charge on any atom is -0.344 e. The van der Waals surface area contributed by atoms with Crippen LogP contribution in [0, 0.1) is 6.92 Å². The summed E-state index contributed by atoms with van der Waals surface area (Å²) < 4.78 is 0.803. The third-order valence-electron chi connectivity index (χ3n) is 3.82. The topological polar surface area (TPSA) is 29.1 Å². The molecule has 0 saturated heterocycles. The molecule has 108 valence electrons. The summed E-state index contributed by atoms with van der Waals surface area (Å²) in [5.41, 5.74) is 4.08. The number of rotatable bonds is 2. The molecule has 1 N–H and O–H groups in total. The molecule has 0 bridgehead atoms. The van der Waals surface area contributed by atoms with Gasteiger partial charge in [-0.2, -0.15) is 0 Å². The zero-order valence-electron chi connectivity index (χ0n) is 11.6. The van der Waals surface area contributed by atoms with Crippen molar-refractivity contribution in [2.24, 2.45) is 0 Å². The zero-order valence-corrected chi connectivity index (χ0v) is 13.9. The SMILES string of the molecule is Cc1ccc(C(=O)NC2c3ccccc3CC2Cl)c(Br)c1. The van der Waals surface area contributed by atoms with Crippen LogP contribution in [0.4, 0.5) is 0 Å². The molecule has 2 atom stereocenters. The van der Waals surface area contributed by atoms with Gasteiger partial charge in [0.2, 0.25) is 0 Å². The number of aryl methyl sites for hydroxylation is 1. The minimum absolute atomic E-state index is 0.101. The van der Waals surface area contributed by atoms with Crippen LogP contribution in [0.5, 0.6) is 0 Å². The van der Waals surface area contributed by atoms with Crippen LogP contribution in [-0.2, 0) is 6.42 Å². The van der Waals surface area contributed by atoms with Gasteiger partial charge in [0, 0.05) is 4.47 Å². The second-order valence-electron chi connectivity index (χ2n) is 5.35. The van der Waals surface area contributed by atoms with E-state index >= 15 is 0 Å². The number of carbonyl (C=O) groups is 1. The third kappa shape index (κ3) is 2.85. The Kier molecular flexibility index (Phi) is 4.05. The summed E-state index contributed by atoms with van der Waals surface area (Å²) in [6, 6.07) is 13.7. The molecule has 2 nitrogen and oxygen atoms in total. The van der Waals surface area contributed by atoms with Crippen molar-refractivity contribution in [3.63, 3.8) is 0 Å². The maximum atomic E-state index is 12.5. The largest absolute Gasteiger partial charge is 0.344 e. The van der Waals surface area contributed by atoms with Crippen LogP contribution >= 0.6 is 27.5 Å². The minimum atomic E-state index is -0.136. The van der Waals surface area contributed by atoms with Crippen LogP contribution in [0.2, 0.25) is 0 Å². The highest BCUT2D eigenvalue weighted by Gasteiger charge is 2.32. The quantitative estimate of drug-likeness (QED) is 0.787. The summed E-state index contributed by atoms with van der Waals surface area (Å²) in [6.45, 7) is 1.99. The van der Waals surface area contributed by atoms with E-state index in [0.717, 1.165) is 22.0 Å². The fraction of sp³-hybridized carbons (Fsp3) is 0.235. The summed E-state index contributed by atoms with van der Waals surface area (Å²) >= 11 is 9.86. The van der Waals surface area contributed by atoms with Gasteiger partial charge in [-0.25, -0.2) is 0 Å². The Labute approximate surface area is 137 Å². The Bertz CT molecular complexity index is 701. The van der Waals surface area contributed by atoms with Gasteiger partial charge >= 0.3 is 0 Å². The van der Waals surface area contributed by atoms with E-state index < -0.39 is 0 Å². The molecule has 21 heavy (non-hydrogen) atoms. The molecule has 0 heterocycles. The van der Waals surface area contributed by atoms with Crippen molar-refractivity contribution in [2.45, 2.75) is 24.8 Å². The standard InChI is InChI=1S/C17H15BrClNO/c1-10-6-7-13(14(18)8-10)17(21)20-16-12-5-3-2-4-11(12)9-15(16)19/h2-8,15-16H,9H2,1H3,(H,20,21). The van der Waals surface area contributed by atoms with Crippen LogP contribution in [0.15, 0.2) is 46.9 Å². The van der Waals surface area contributed by atoms with Gasteiger partial charge < -0.3 is 5.32 Å². The number of alkyl halides is 1. The Morgan fingerprint density at radius 3 is 2.81 bits per heavy atom. The fourth-order valence-corrected chi connectivity index (χ4v) is 3.78. The van der Waals surface area contributed by atoms with E-state index in [4.69, 9.17) is 11.6 Å². The molecule has 0 fully saturated rings. The first-order valence-electron chi connectivity index (χ1n) is 6.85. The molecule has 0 saturated carbocycles. The van der Waals surface area contributed by atoms with Crippen molar-refractivity contribution >= 4 is 33.4 Å². The average Bonchev–Trinajstić information content (AvgIpc) is 2.75.